The first-order valence-corrected chi connectivity index (χ1v) is 6.99. The maximum atomic E-state index is 12.9. The normalized spacial score (nSPS) is 15.8. The van der Waals surface area contributed by atoms with Crippen molar-refractivity contribution >= 4 is 5.91 Å². The minimum absolute atomic E-state index is 0.0144. The molecule has 21 heavy (non-hydrogen) atoms. The third-order valence-corrected chi connectivity index (χ3v) is 3.63. The van der Waals surface area contributed by atoms with Crippen LogP contribution in [-0.2, 0) is 17.5 Å². The lowest BCUT2D eigenvalue weighted by Crippen LogP contribution is -2.37. The zero-order chi connectivity index (χ0) is 15.5. The molecule has 0 radical (unpaired) electrons. The van der Waals surface area contributed by atoms with Crippen molar-refractivity contribution < 1.29 is 18.0 Å². The molecular weight excluding hydrogens is 281 g/mol. The smallest absolute Gasteiger partial charge is 0.342 e. The number of nitrogens with zero attached hydrogens (tertiary/aromatic N) is 2. The van der Waals surface area contributed by atoms with Crippen LogP contribution in [-0.4, -0.2) is 42.4 Å². The van der Waals surface area contributed by atoms with Gasteiger partial charge in [0.05, 0.1) is 12.1 Å². The summed E-state index contributed by atoms with van der Waals surface area (Å²) in [6.07, 6.45) is -2.35. The van der Waals surface area contributed by atoms with E-state index in [1.54, 1.807) is 22.9 Å². The molecule has 0 aliphatic carbocycles. The Kier molecular flexibility index (Phi) is 4.88. The van der Waals surface area contributed by atoms with Crippen molar-refractivity contribution in [2.24, 2.45) is 0 Å². The lowest BCUT2D eigenvalue weighted by atomic mass is 10.1. The Hall–Kier alpha value is -1.56. The molecule has 0 bridgehead atoms. The van der Waals surface area contributed by atoms with Gasteiger partial charge < -0.3 is 4.90 Å². The molecule has 0 atom stereocenters. The van der Waals surface area contributed by atoms with Gasteiger partial charge in [0.1, 0.15) is 0 Å². The van der Waals surface area contributed by atoms with E-state index in [-0.39, 0.29) is 24.6 Å². The zero-order valence-electron chi connectivity index (χ0n) is 12.0. The Balaban J connectivity index is 1.99. The van der Waals surface area contributed by atoms with E-state index in [9.17, 15) is 18.0 Å². The van der Waals surface area contributed by atoms with Crippen LogP contribution in [0.1, 0.15) is 24.0 Å². The summed E-state index contributed by atoms with van der Waals surface area (Å²) >= 11 is 0. The van der Waals surface area contributed by atoms with E-state index >= 15 is 0 Å². The molecule has 0 N–H and O–H groups in total. The van der Waals surface area contributed by atoms with Gasteiger partial charge in [0.2, 0.25) is 5.91 Å². The maximum absolute atomic E-state index is 12.9. The fourth-order valence-electron chi connectivity index (χ4n) is 2.58. The first-order chi connectivity index (χ1) is 9.88. The van der Waals surface area contributed by atoms with Crippen molar-refractivity contribution in [3.8, 4) is 0 Å². The highest BCUT2D eigenvalue weighted by molar-refractivity contribution is 5.78. The monoisotopic (exact) mass is 300 g/mol. The number of hydrogen-bond donors (Lipinski definition) is 0. The van der Waals surface area contributed by atoms with E-state index in [0.717, 1.165) is 32.0 Å². The molecule has 116 valence electrons. The number of carbonyl (C=O) groups excluding carboxylic acids is 1. The Labute approximate surface area is 122 Å². The number of halogens is 3. The number of hydrogen-bond acceptors (Lipinski definition) is 2. The van der Waals surface area contributed by atoms with Crippen molar-refractivity contribution in [3.63, 3.8) is 0 Å². The number of likely N-dealkylation sites (tertiary alicyclic amines) is 1. The number of carbonyl (C=O) groups is 1. The molecular formula is C15H19F3N2O. The molecule has 1 saturated heterocycles. The summed E-state index contributed by atoms with van der Waals surface area (Å²) < 4.78 is 38.7. The molecule has 1 aromatic carbocycles. The highest BCUT2D eigenvalue weighted by Gasteiger charge is 2.33. The number of benzene rings is 1. The predicted molar refractivity (Wildman–Crippen MR) is 73.6 cm³/mol. The molecule has 2 rings (SSSR count). The van der Waals surface area contributed by atoms with Gasteiger partial charge in [0, 0.05) is 19.6 Å². The van der Waals surface area contributed by atoms with E-state index < -0.39 is 11.7 Å². The van der Waals surface area contributed by atoms with E-state index in [1.165, 1.54) is 12.1 Å². The molecule has 1 heterocycles. The van der Waals surface area contributed by atoms with Crippen molar-refractivity contribution in [2.75, 3.05) is 26.7 Å². The molecule has 1 amide bonds. The molecule has 1 fully saturated rings. The fourth-order valence-corrected chi connectivity index (χ4v) is 2.58. The molecule has 1 aromatic rings. The van der Waals surface area contributed by atoms with E-state index in [1.807, 2.05) is 0 Å². The van der Waals surface area contributed by atoms with Gasteiger partial charge in [-0.25, -0.2) is 0 Å². The Morgan fingerprint density at radius 1 is 1.24 bits per heavy atom. The van der Waals surface area contributed by atoms with Crippen molar-refractivity contribution in [1.82, 2.24) is 9.80 Å². The van der Waals surface area contributed by atoms with E-state index in [0.29, 0.717) is 0 Å². The van der Waals surface area contributed by atoms with Crippen molar-refractivity contribution in [2.45, 2.75) is 25.6 Å². The van der Waals surface area contributed by atoms with Crippen LogP contribution < -0.4 is 0 Å². The van der Waals surface area contributed by atoms with Crippen molar-refractivity contribution in [1.29, 1.82) is 0 Å². The Bertz CT molecular complexity index is 496. The standard InChI is InChI=1S/C15H19F3N2O/c1-19(11-14(21)20-8-4-5-9-20)10-12-6-2-3-7-13(12)15(16,17)18/h2-3,6-7H,4-5,8-11H2,1H3. The first kappa shape index (κ1) is 15.8. The lowest BCUT2D eigenvalue weighted by Gasteiger charge is -2.22. The maximum Gasteiger partial charge on any atom is 0.416 e. The van der Waals surface area contributed by atoms with E-state index in [2.05, 4.69) is 0 Å². The minimum Gasteiger partial charge on any atom is -0.342 e. The van der Waals surface area contributed by atoms with Crippen LogP contribution >= 0.6 is 0 Å². The van der Waals surface area contributed by atoms with Crippen LogP contribution in [0.5, 0.6) is 0 Å². The van der Waals surface area contributed by atoms with Gasteiger partial charge in [-0.15, -0.1) is 0 Å². The molecule has 0 saturated carbocycles. The van der Waals surface area contributed by atoms with Gasteiger partial charge in [0.25, 0.3) is 0 Å². The van der Waals surface area contributed by atoms with Crippen molar-refractivity contribution in [3.05, 3.63) is 35.4 Å². The van der Waals surface area contributed by atoms with Gasteiger partial charge in [-0.1, -0.05) is 18.2 Å². The SMILES string of the molecule is CN(CC(=O)N1CCCC1)Cc1ccccc1C(F)(F)F. The highest BCUT2D eigenvalue weighted by atomic mass is 19.4. The second kappa shape index (κ2) is 6.47. The molecule has 1 aliphatic rings. The summed E-state index contributed by atoms with van der Waals surface area (Å²) in [5, 5.41) is 0. The number of amides is 1. The number of alkyl halides is 3. The Morgan fingerprint density at radius 3 is 2.48 bits per heavy atom. The quantitative estimate of drug-likeness (QED) is 0.853. The molecule has 0 spiro atoms. The third-order valence-electron chi connectivity index (χ3n) is 3.63. The third kappa shape index (κ3) is 4.20. The average molecular weight is 300 g/mol. The van der Waals surface area contributed by atoms with Gasteiger partial charge >= 0.3 is 6.18 Å². The molecule has 1 aliphatic heterocycles. The van der Waals surface area contributed by atoms with Crippen LogP contribution in [0.2, 0.25) is 0 Å². The highest BCUT2D eigenvalue weighted by Crippen LogP contribution is 2.32. The molecule has 0 unspecified atom stereocenters. The van der Waals surface area contributed by atoms with Gasteiger partial charge in [0.15, 0.2) is 0 Å². The predicted octanol–water partition coefficient (Wildman–Crippen LogP) is 2.76. The number of likely N-dealkylation sites (N-methyl/N-ethyl adjacent to an activating group) is 1. The Morgan fingerprint density at radius 2 is 1.86 bits per heavy atom. The second-order valence-corrected chi connectivity index (χ2v) is 5.42. The van der Waals surface area contributed by atoms with Gasteiger partial charge in [-0.2, -0.15) is 13.2 Å². The summed E-state index contributed by atoms with van der Waals surface area (Å²) in [7, 11) is 1.67. The van der Waals surface area contributed by atoms with Crippen LogP contribution in [0.15, 0.2) is 24.3 Å². The second-order valence-electron chi connectivity index (χ2n) is 5.42. The zero-order valence-corrected chi connectivity index (χ0v) is 12.0. The van der Waals surface area contributed by atoms with Crippen LogP contribution in [0.3, 0.4) is 0 Å². The summed E-state index contributed by atoms with van der Waals surface area (Å²) in [6.45, 7) is 1.76. The lowest BCUT2D eigenvalue weighted by molar-refractivity contribution is -0.138. The summed E-state index contributed by atoms with van der Waals surface area (Å²) in [5.41, 5.74) is -0.438. The van der Waals surface area contributed by atoms with Crippen LogP contribution in [0, 0.1) is 0 Å². The number of rotatable bonds is 4. The summed E-state index contributed by atoms with van der Waals surface area (Å²) in [4.78, 5) is 15.4. The van der Waals surface area contributed by atoms with Gasteiger partial charge in [-0.3, -0.25) is 9.69 Å². The van der Waals surface area contributed by atoms with Gasteiger partial charge in [-0.05, 0) is 31.5 Å². The molecule has 6 heteroatoms. The largest absolute Gasteiger partial charge is 0.416 e. The fraction of sp³-hybridized carbons (Fsp3) is 0.533. The summed E-state index contributed by atoms with van der Waals surface area (Å²) in [5.74, 6) is -0.0144. The minimum atomic E-state index is -4.36. The first-order valence-electron chi connectivity index (χ1n) is 6.99. The van der Waals surface area contributed by atoms with E-state index in [4.69, 9.17) is 0 Å². The molecule has 0 aromatic heterocycles. The molecule has 3 nitrogen and oxygen atoms in total. The van der Waals surface area contributed by atoms with Crippen LogP contribution in [0.4, 0.5) is 13.2 Å². The summed E-state index contributed by atoms with van der Waals surface area (Å²) in [6, 6.07) is 5.49. The van der Waals surface area contributed by atoms with Crippen LogP contribution in [0.25, 0.3) is 0 Å². The average Bonchev–Trinajstić information content (AvgIpc) is 2.91. The topological polar surface area (TPSA) is 23.6 Å².